The van der Waals surface area contributed by atoms with Crippen molar-refractivity contribution in [1.29, 1.82) is 0 Å². The number of thiazole rings is 1. The fraction of sp³-hybridized carbons (Fsp3) is 0.273. The molecule has 2 aromatic carbocycles. The number of aromatic carboxylic acids is 1. The minimum Gasteiger partial charge on any atom is -0.493 e. The van der Waals surface area contributed by atoms with Crippen LogP contribution >= 0.6 is 11.3 Å². The zero-order valence-corrected chi connectivity index (χ0v) is 26.0. The molecule has 0 saturated heterocycles. The van der Waals surface area contributed by atoms with Crippen molar-refractivity contribution in [2.45, 2.75) is 26.3 Å². The van der Waals surface area contributed by atoms with Gasteiger partial charge in [-0.25, -0.2) is 14.6 Å². The number of fused-ring (bicyclic) bond motifs is 1. The van der Waals surface area contributed by atoms with Crippen molar-refractivity contribution in [2.75, 3.05) is 34.0 Å². The number of furan rings is 1. The molecule has 11 nitrogen and oxygen atoms in total. The first-order valence-electron chi connectivity index (χ1n) is 14.2. The van der Waals surface area contributed by atoms with Crippen LogP contribution in [-0.4, -0.2) is 55.7 Å². The molecule has 45 heavy (non-hydrogen) atoms. The Labute approximate surface area is 262 Å². The lowest BCUT2D eigenvalue weighted by Gasteiger charge is -2.27. The Bertz CT molecular complexity index is 1930. The molecule has 0 saturated carbocycles. The summed E-state index contributed by atoms with van der Waals surface area (Å²) in [6.45, 7) is 4.32. The van der Waals surface area contributed by atoms with Crippen molar-refractivity contribution < 1.29 is 38.1 Å². The summed E-state index contributed by atoms with van der Waals surface area (Å²) in [5, 5.41) is 9.18. The number of allylic oxidation sites excluding steroid dienone is 1. The predicted octanol–water partition coefficient (Wildman–Crippen LogP) is 4.18. The molecule has 2 aromatic heterocycles. The summed E-state index contributed by atoms with van der Waals surface area (Å²) in [4.78, 5) is 43.9. The number of carboxylic acids is 1. The Balaban J connectivity index is 1.63. The van der Waals surface area contributed by atoms with Gasteiger partial charge in [0.1, 0.15) is 24.2 Å². The molecule has 0 bridgehead atoms. The van der Waals surface area contributed by atoms with Crippen molar-refractivity contribution in [1.82, 2.24) is 4.57 Å². The normalized spacial score (nSPS) is 14.6. The van der Waals surface area contributed by atoms with Gasteiger partial charge >= 0.3 is 11.9 Å². The van der Waals surface area contributed by atoms with Gasteiger partial charge in [0.25, 0.3) is 5.56 Å². The number of nitrogens with zero attached hydrogens (tertiary/aromatic N) is 2. The Morgan fingerprint density at radius 2 is 1.84 bits per heavy atom. The number of methoxy groups -OCH3 is 2. The van der Waals surface area contributed by atoms with Crippen LogP contribution in [-0.2, 0) is 14.3 Å². The zero-order valence-electron chi connectivity index (χ0n) is 25.2. The van der Waals surface area contributed by atoms with E-state index in [1.54, 1.807) is 55.5 Å². The maximum atomic E-state index is 14.1. The van der Waals surface area contributed by atoms with Gasteiger partial charge in [0.05, 0.1) is 41.7 Å². The van der Waals surface area contributed by atoms with Crippen molar-refractivity contribution in [3.63, 3.8) is 0 Å². The second-order valence-corrected chi connectivity index (χ2v) is 11.0. The molecular weight excluding hydrogens is 600 g/mol. The first-order valence-corrected chi connectivity index (χ1v) is 15.0. The third kappa shape index (κ3) is 6.47. The van der Waals surface area contributed by atoms with Crippen LogP contribution in [0.4, 0.5) is 0 Å². The molecule has 0 spiro atoms. The summed E-state index contributed by atoms with van der Waals surface area (Å²) in [5.41, 5.74) is 1.62. The summed E-state index contributed by atoms with van der Waals surface area (Å²) in [6.07, 6.45) is 2.35. The van der Waals surface area contributed by atoms with E-state index in [-0.39, 0.29) is 29.9 Å². The minimum absolute atomic E-state index is 0.0282. The van der Waals surface area contributed by atoms with Gasteiger partial charge in [-0.15, -0.1) is 0 Å². The van der Waals surface area contributed by atoms with Gasteiger partial charge < -0.3 is 28.5 Å². The van der Waals surface area contributed by atoms with Gasteiger partial charge in [0, 0.05) is 24.3 Å². The third-order valence-electron chi connectivity index (χ3n) is 7.05. The van der Waals surface area contributed by atoms with E-state index in [1.807, 2.05) is 6.92 Å². The summed E-state index contributed by atoms with van der Waals surface area (Å²) < 4.78 is 30.1. The number of rotatable bonds is 12. The van der Waals surface area contributed by atoms with E-state index in [2.05, 4.69) is 4.99 Å². The Hall–Kier alpha value is -4.94. The predicted molar refractivity (Wildman–Crippen MR) is 166 cm³/mol. The summed E-state index contributed by atoms with van der Waals surface area (Å²) in [7, 11) is 3.04. The number of ether oxygens (including phenoxy) is 4. The number of carboxylic acid groups (broad SMARTS) is 1. The number of aromatic nitrogens is 1. The first-order chi connectivity index (χ1) is 21.8. The van der Waals surface area contributed by atoms with Crippen molar-refractivity contribution in [2.24, 2.45) is 4.99 Å². The fourth-order valence-electron chi connectivity index (χ4n) is 4.93. The molecule has 1 aliphatic heterocycles. The molecule has 5 rings (SSSR count). The highest BCUT2D eigenvalue weighted by Gasteiger charge is 2.36. The van der Waals surface area contributed by atoms with E-state index in [4.69, 9.17) is 23.4 Å². The Morgan fingerprint density at radius 3 is 2.53 bits per heavy atom. The van der Waals surface area contributed by atoms with Gasteiger partial charge in [0.15, 0.2) is 16.3 Å². The van der Waals surface area contributed by atoms with Gasteiger partial charge in [-0.05, 0) is 43.7 Å². The summed E-state index contributed by atoms with van der Waals surface area (Å²) >= 11 is 1.16. The molecule has 1 N–H and O–H groups in total. The van der Waals surface area contributed by atoms with Gasteiger partial charge in [-0.3, -0.25) is 9.36 Å². The molecule has 0 aliphatic carbocycles. The number of para-hydroxylation sites is 1. The standard InChI is InChI=1S/C33H32N2O9S/c1-5-15-42-29-23(7-6-8-25(29)41-4)28-27(32(39)43-17-16-40-3)19(2)34-33-35(28)30(36)26(45-33)18-22-13-14-24(44-22)20-9-11-21(12-10-20)31(37)38/h6-14,18,28H,5,15-17H2,1-4H3,(H,37,38)/b26-18+/t28-/m1/s1. The quantitative estimate of drug-likeness (QED) is 0.180. The third-order valence-corrected chi connectivity index (χ3v) is 8.04. The monoisotopic (exact) mass is 632 g/mol. The number of carbonyl (C=O) groups excluding carboxylic acids is 1. The molecule has 3 heterocycles. The summed E-state index contributed by atoms with van der Waals surface area (Å²) in [6, 6.07) is 14.2. The number of carbonyl (C=O) groups is 2. The van der Waals surface area contributed by atoms with Crippen LogP contribution in [0.5, 0.6) is 11.5 Å². The maximum absolute atomic E-state index is 14.1. The maximum Gasteiger partial charge on any atom is 0.338 e. The molecular formula is C33H32N2O9S. The molecule has 234 valence electrons. The second kappa shape index (κ2) is 13.8. The van der Waals surface area contributed by atoms with Gasteiger partial charge in [0.2, 0.25) is 0 Å². The lowest BCUT2D eigenvalue weighted by atomic mass is 9.94. The number of hydrogen-bond donors (Lipinski definition) is 1. The van der Waals surface area contributed by atoms with Crippen LogP contribution in [0.25, 0.3) is 17.4 Å². The van der Waals surface area contributed by atoms with E-state index in [9.17, 15) is 19.5 Å². The van der Waals surface area contributed by atoms with Crippen LogP contribution in [0.2, 0.25) is 0 Å². The van der Waals surface area contributed by atoms with Gasteiger partial charge in [-0.1, -0.05) is 42.5 Å². The minimum atomic E-state index is -1.02. The van der Waals surface area contributed by atoms with Crippen molar-refractivity contribution in [3.8, 4) is 22.8 Å². The van der Waals surface area contributed by atoms with E-state index in [0.717, 1.165) is 17.8 Å². The number of hydrogen-bond acceptors (Lipinski definition) is 10. The van der Waals surface area contributed by atoms with Crippen molar-refractivity contribution >= 4 is 29.4 Å². The molecule has 1 aliphatic rings. The average molecular weight is 633 g/mol. The Kier molecular flexibility index (Phi) is 9.65. The highest BCUT2D eigenvalue weighted by Crippen LogP contribution is 2.41. The van der Waals surface area contributed by atoms with E-state index >= 15 is 0 Å². The van der Waals surface area contributed by atoms with Crippen LogP contribution in [0.3, 0.4) is 0 Å². The molecule has 1 atom stereocenters. The topological polar surface area (TPSA) is 139 Å². The van der Waals surface area contributed by atoms with Crippen LogP contribution in [0, 0.1) is 0 Å². The van der Waals surface area contributed by atoms with E-state index in [1.165, 1.54) is 30.9 Å². The largest absolute Gasteiger partial charge is 0.493 e. The van der Waals surface area contributed by atoms with E-state index in [0.29, 0.717) is 55.8 Å². The van der Waals surface area contributed by atoms with Crippen LogP contribution in [0.1, 0.15) is 48.0 Å². The summed E-state index contributed by atoms with van der Waals surface area (Å²) in [5.74, 6) is 0.163. The number of benzene rings is 2. The Morgan fingerprint density at radius 1 is 1.07 bits per heavy atom. The van der Waals surface area contributed by atoms with Crippen molar-refractivity contribution in [3.05, 3.63) is 102 Å². The SMILES string of the molecule is CCCOc1c(OC)cccc1[C@@H]1C(C(=O)OCCOC)=C(C)N=c2s/c(=C/c3ccc(-c4ccc(C(=O)O)cc4)o3)c(=O)n21. The average Bonchev–Trinajstić information content (AvgIpc) is 3.63. The molecule has 0 radical (unpaired) electrons. The zero-order chi connectivity index (χ0) is 32.1. The van der Waals surface area contributed by atoms with E-state index < -0.39 is 18.0 Å². The molecule has 4 aromatic rings. The van der Waals surface area contributed by atoms with Gasteiger partial charge in [-0.2, -0.15) is 0 Å². The first kappa shape index (κ1) is 31.5. The smallest absolute Gasteiger partial charge is 0.338 e. The molecule has 0 unspecified atom stereocenters. The van der Waals surface area contributed by atoms with Crippen LogP contribution in [0.15, 0.2) is 80.1 Å². The fourth-order valence-corrected chi connectivity index (χ4v) is 5.96. The lowest BCUT2D eigenvalue weighted by molar-refractivity contribution is -0.140. The molecule has 0 amide bonds. The van der Waals surface area contributed by atoms with Crippen LogP contribution < -0.4 is 24.4 Å². The lowest BCUT2D eigenvalue weighted by Crippen LogP contribution is -2.40. The number of esters is 1. The highest BCUT2D eigenvalue weighted by atomic mass is 32.1. The molecule has 0 fully saturated rings. The highest BCUT2D eigenvalue weighted by molar-refractivity contribution is 7.07. The second-order valence-electron chi connectivity index (χ2n) is 10.0. The molecule has 12 heteroatoms.